The van der Waals surface area contributed by atoms with Crippen molar-refractivity contribution < 1.29 is 14.3 Å². The van der Waals surface area contributed by atoms with Crippen LogP contribution in [-0.2, 0) is 26.5 Å². The fraction of sp³-hybridized carbons (Fsp3) is 0.545. The Morgan fingerprint density at radius 1 is 1.25 bits per heavy atom. The molecule has 0 radical (unpaired) electrons. The van der Waals surface area contributed by atoms with Gasteiger partial charge in [0.2, 0.25) is 0 Å². The standard InChI is InChI=1S/C22H26N2O3S/c1-26-18-9-5-3-7-16(18)19-20(25)23-21(28-19)24-12-10-22(11-13-24)17-8-4-2-6-15(17)14-27-22/h2,4,6,8,18H,3,5,7,9-14H2,1H3/b19-16-. The normalized spacial score (nSPS) is 29.3. The van der Waals surface area contributed by atoms with E-state index >= 15 is 0 Å². The van der Waals surface area contributed by atoms with E-state index in [0.717, 1.165) is 67.3 Å². The molecular formula is C22H26N2O3S. The lowest BCUT2D eigenvalue weighted by atomic mass is 9.84. The van der Waals surface area contributed by atoms with Gasteiger partial charge < -0.3 is 14.4 Å². The Kier molecular flexibility index (Phi) is 4.81. The van der Waals surface area contributed by atoms with Crippen LogP contribution >= 0.6 is 11.8 Å². The predicted molar refractivity (Wildman–Crippen MR) is 110 cm³/mol. The van der Waals surface area contributed by atoms with E-state index in [4.69, 9.17) is 9.47 Å². The number of carbonyl (C=O) groups excluding carboxylic acids is 1. The summed E-state index contributed by atoms with van der Waals surface area (Å²) in [6.45, 7) is 2.44. The number of likely N-dealkylation sites (tertiary alicyclic amines) is 1. The quantitative estimate of drug-likeness (QED) is 0.670. The second kappa shape index (κ2) is 7.32. The Morgan fingerprint density at radius 3 is 2.89 bits per heavy atom. The molecule has 4 aliphatic rings. The van der Waals surface area contributed by atoms with Gasteiger partial charge in [-0.05, 0) is 60.6 Å². The van der Waals surface area contributed by atoms with E-state index in [9.17, 15) is 4.79 Å². The number of benzene rings is 1. The maximum absolute atomic E-state index is 12.6. The minimum absolute atomic E-state index is 0.0720. The van der Waals surface area contributed by atoms with Gasteiger partial charge in [0.1, 0.15) is 0 Å². The number of piperidine rings is 1. The van der Waals surface area contributed by atoms with Crippen LogP contribution in [-0.4, -0.2) is 42.3 Å². The molecule has 3 heterocycles. The molecule has 28 heavy (non-hydrogen) atoms. The molecule has 1 saturated carbocycles. The first kappa shape index (κ1) is 18.4. The van der Waals surface area contributed by atoms with Crippen molar-refractivity contribution in [3.05, 3.63) is 45.9 Å². The lowest BCUT2D eigenvalue weighted by Gasteiger charge is -2.39. The van der Waals surface area contributed by atoms with Crippen molar-refractivity contribution >= 4 is 22.8 Å². The molecule has 3 aliphatic heterocycles. The lowest BCUT2D eigenvalue weighted by Crippen LogP contribution is -2.44. The lowest BCUT2D eigenvalue weighted by molar-refractivity contribution is -0.113. The Morgan fingerprint density at radius 2 is 2.07 bits per heavy atom. The Bertz CT molecular complexity index is 855. The monoisotopic (exact) mass is 398 g/mol. The summed E-state index contributed by atoms with van der Waals surface area (Å²) in [4.78, 5) is 20.1. The number of nitrogens with zero attached hydrogens (tertiary/aromatic N) is 2. The molecule has 0 N–H and O–H groups in total. The van der Waals surface area contributed by atoms with E-state index in [1.54, 1.807) is 18.9 Å². The molecule has 0 bridgehead atoms. The van der Waals surface area contributed by atoms with Crippen molar-refractivity contribution in [2.24, 2.45) is 4.99 Å². The summed E-state index contributed by atoms with van der Waals surface area (Å²) in [5.41, 5.74) is 3.66. The molecular weight excluding hydrogens is 372 g/mol. The van der Waals surface area contributed by atoms with Crippen LogP contribution in [0.15, 0.2) is 39.7 Å². The van der Waals surface area contributed by atoms with E-state index in [-0.39, 0.29) is 17.6 Å². The van der Waals surface area contributed by atoms with Crippen LogP contribution in [0.3, 0.4) is 0 Å². The minimum atomic E-state index is -0.160. The zero-order valence-electron chi connectivity index (χ0n) is 16.3. The number of methoxy groups -OCH3 is 1. The molecule has 1 aromatic carbocycles. The third-order valence-electron chi connectivity index (χ3n) is 6.57. The number of hydrogen-bond acceptors (Lipinski definition) is 5. The van der Waals surface area contributed by atoms with Crippen LogP contribution < -0.4 is 0 Å². The van der Waals surface area contributed by atoms with Gasteiger partial charge in [-0.25, -0.2) is 0 Å². The second-order valence-corrected chi connectivity index (χ2v) is 9.03. The molecule has 5 nitrogen and oxygen atoms in total. The van der Waals surface area contributed by atoms with E-state index in [0.29, 0.717) is 6.61 Å². The Hall–Kier alpha value is -1.63. The summed E-state index contributed by atoms with van der Waals surface area (Å²) in [5.74, 6) is -0.0818. The Balaban J connectivity index is 1.31. The van der Waals surface area contributed by atoms with Crippen LogP contribution in [0.5, 0.6) is 0 Å². The summed E-state index contributed by atoms with van der Waals surface area (Å²) in [6.07, 6.45) is 6.18. The third kappa shape index (κ3) is 3.02. The molecule has 5 rings (SSSR count). The van der Waals surface area contributed by atoms with Crippen molar-refractivity contribution in [3.8, 4) is 0 Å². The van der Waals surface area contributed by atoms with Gasteiger partial charge >= 0.3 is 0 Å². The smallest absolute Gasteiger partial charge is 0.286 e. The molecule has 1 amide bonds. The molecule has 0 aromatic heterocycles. The highest BCUT2D eigenvalue weighted by Crippen LogP contribution is 2.45. The fourth-order valence-corrected chi connectivity index (χ4v) is 6.11. The summed E-state index contributed by atoms with van der Waals surface area (Å²) in [7, 11) is 1.74. The van der Waals surface area contributed by atoms with E-state index in [2.05, 4.69) is 34.2 Å². The van der Waals surface area contributed by atoms with Crippen LogP contribution in [0.1, 0.15) is 49.7 Å². The summed E-state index contributed by atoms with van der Waals surface area (Å²) in [6, 6.07) is 8.56. The maximum atomic E-state index is 12.6. The number of hydrogen-bond donors (Lipinski definition) is 0. The maximum Gasteiger partial charge on any atom is 0.286 e. The van der Waals surface area contributed by atoms with Crippen molar-refractivity contribution in [2.75, 3.05) is 20.2 Å². The molecule has 148 valence electrons. The van der Waals surface area contributed by atoms with Gasteiger partial charge in [0.25, 0.3) is 5.91 Å². The first-order valence-corrected chi connectivity index (χ1v) is 11.1. The van der Waals surface area contributed by atoms with E-state index < -0.39 is 0 Å². The van der Waals surface area contributed by atoms with E-state index in [1.807, 2.05) is 0 Å². The molecule has 6 heteroatoms. The van der Waals surface area contributed by atoms with Crippen LogP contribution in [0.25, 0.3) is 0 Å². The summed E-state index contributed by atoms with van der Waals surface area (Å²) < 4.78 is 11.9. The first-order chi connectivity index (χ1) is 13.7. The number of thioether (sulfide) groups is 1. The summed E-state index contributed by atoms with van der Waals surface area (Å²) in [5, 5.41) is 0.856. The largest absolute Gasteiger partial charge is 0.377 e. The SMILES string of the molecule is COC1CCCC/C1=C1/SC(N2CCC3(CC2)OCc2ccccc23)=NC1=O. The van der Waals surface area contributed by atoms with E-state index in [1.165, 1.54) is 11.1 Å². The van der Waals surface area contributed by atoms with Crippen molar-refractivity contribution in [2.45, 2.75) is 56.8 Å². The fourth-order valence-electron chi connectivity index (χ4n) is 4.99. The number of rotatable bonds is 1. The zero-order chi connectivity index (χ0) is 19.1. The van der Waals surface area contributed by atoms with Gasteiger partial charge in [-0.1, -0.05) is 30.7 Å². The number of amidine groups is 1. The van der Waals surface area contributed by atoms with Crippen molar-refractivity contribution in [3.63, 3.8) is 0 Å². The molecule has 2 fully saturated rings. The average molecular weight is 399 g/mol. The predicted octanol–water partition coefficient (Wildman–Crippen LogP) is 3.98. The van der Waals surface area contributed by atoms with Crippen LogP contribution in [0.4, 0.5) is 0 Å². The molecule has 1 spiro atoms. The number of ether oxygens (including phenoxy) is 2. The van der Waals surface area contributed by atoms with Gasteiger partial charge in [0, 0.05) is 20.2 Å². The van der Waals surface area contributed by atoms with Crippen LogP contribution in [0.2, 0.25) is 0 Å². The highest BCUT2D eigenvalue weighted by molar-refractivity contribution is 8.18. The van der Waals surface area contributed by atoms with Gasteiger partial charge in [-0.15, -0.1) is 0 Å². The van der Waals surface area contributed by atoms with Gasteiger partial charge in [0.05, 0.1) is 23.2 Å². The number of amides is 1. The molecule has 1 unspecified atom stereocenters. The number of carbonyl (C=O) groups is 1. The number of aliphatic imine (C=N–C) groups is 1. The zero-order valence-corrected chi connectivity index (χ0v) is 17.1. The van der Waals surface area contributed by atoms with Gasteiger partial charge in [-0.3, -0.25) is 4.79 Å². The van der Waals surface area contributed by atoms with Gasteiger partial charge in [0.15, 0.2) is 5.17 Å². The highest BCUT2D eigenvalue weighted by Gasteiger charge is 2.44. The summed E-state index contributed by atoms with van der Waals surface area (Å²) >= 11 is 1.55. The highest BCUT2D eigenvalue weighted by atomic mass is 32.2. The van der Waals surface area contributed by atoms with Crippen molar-refractivity contribution in [1.82, 2.24) is 4.90 Å². The Labute approximate surface area is 170 Å². The van der Waals surface area contributed by atoms with Crippen LogP contribution in [0, 0.1) is 0 Å². The first-order valence-electron chi connectivity index (χ1n) is 10.2. The molecule has 1 atom stereocenters. The molecule has 1 aromatic rings. The molecule has 1 saturated heterocycles. The second-order valence-electron chi connectivity index (χ2n) is 8.05. The van der Waals surface area contributed by atoms with Crippen molar-refractivity contribution in [1.29, 1.82) is 0 Å². The molecule has 1 aliphatic carbocycles. The topological polar surface area (TPSA) is 51.1 Å². The minimum Gasteiger partial charge on any atom is -0.377 e. The number of fused-ring (bicyclic) bond motifs is 2. The van der Waals surface area contributed by atoms with Gasteiger partial charge in [-0.2, -0.15) is 4.99 Å². The average Bonchev–Trinajstić information content (AvgIpc) is 3.30. The third-order valence-corrected chi connectivity index (χ3v) is 7.74.